The minimum Gasteiger partial charge on any atom is -0.310 e. The van der Waals surface area contributed by atoms with Crippen molar-refractivity contribution in [1.29, 1.82) is 0 Å². The maximum absolute atomic E-state index is 2.49. The van der Waals surface area contributed by atoms with Crippen molar-refractivity contribution in [3.8, 4) is 66.8 Å². The molecular formula is C76H52N2. The molecular weight excluding hydrogens is 941 g/mol. The third kappa shape index (κ3) is 7.88. The summed E-state index contributed by atoms with van der Waals surface area (Å²) in [7, 11) is 0. The van der Waals surface area contributed by atoms with Crippen LogP contribution in [0.15, 0.2) is 291 Å². The molecule has 2 nitrogen and oxygen atoms in total. The Morgan fingerprint density at radius 2 is 0.474 bits per heavy atom. The van der Waals surface area contributed by atoms with Gasteiger partial charge in [0.15, 0.2) is 0 Å². The topological polar surface area (TPSA) is 6.48 Å². The summed E-state index contributed by atoms with van der Waals surface area (Å²) in [6.07, 6.45) is 1.80. The summed E-state index contributed by atoms with van der Waals surface area (Å²) in [5, 5.41) is 4.80. The minimum atomic E-state index is 0.898. The Labute approximate surface area is 456 Å². The van der Waals surface area contributed by atoms with E-state index in [1.54, 1.807) is 0 Å². The van der Waals surface area contributed by atoms with Crippen molar-refractivity contribution < 1.29 is 0 Å². The van der Waals surface area contributed by atoms with Gasteiger partial charge in [0, 0.05) is 47.0 Å². The molecule has 2 aliphatic heterocycles. The molecule has 0 atom stereocenters. The fourth-order valence-corrected chi connectivity index (χ4v) is 12.5. The lowest BCUT2D eigenvalue weighted by Crippen LogP contribution is -2.18. The zero-order chi connectivity index (χ0) is 51.5. The number of rotatable bonds is 8. The minimum absolute atomic E-state index is 0.898. The first-order valence-corrected chi connectivity index (χ1v) is 27.1. The largest absolute Gasteiger partial charge is 0.310 e. The highest BCUT2D eigenvalue weighted by Gasteiger charge is 2.28. The van der Waals surface area contributed by atoms with Crippen LogP contribution in [0.1, 0.15) is 22.3 Å². The van der Waals surface area contributed by atoms with E-state index in [1.807, 2.05) is 0 Å². The van der Waals surface area contributed by atoms with Crippen LogP contribution in [0.3, 0.4) is 0 Å². The van der Waals surface area contributed by atoms with Crippen LogP contribution in [0.4, 0.5) is 34.1 Å². The number of hydrogen-bond acceptors (Lipinski definition) is 2. The number of nitrogens with zero attached hydrogens (tertiary/aromatic N) is 2. The SMILES string of the molecule is c1ccc(-c2ccc(-c3cccc(-c4c5ccc(N6c7ccccc7Cc7ccccc76)cc5c(-c5cccc(-c6ccc(-c7ccccc7)cc6)c5)c5ccc(N6c7ccccc7Cc7ccccc76)cc45)c3)cc2)cc1. The molecule has 0 N–H and O–H groups in total. The number of benzene rings is 13. The average Bonchev–Trinajstić information content (AvgIpc) is 3.71. The molecule has 366 valence electrons. The van der Waals surface area contributed by atoms with Crippen LogP contribution in [0, 0.1) is 0 Å². The Kier molecular flexibility index (Phi) is 11.0. The molecule has 0 aliphatic carbocycles. The molecule has 2 heteroatoms. The van der Waals surface area contributed by atoms with Gasteiger partial charge in [-0.2, -0.15) is 0 Å². The van der Waals surface area contributed by atoms with Crippen LogP contribution in [0.5, 0.6) is 0 Å². The highest BCUT2D eigenvalue weighted by molar-refractivity contribution is 6.23. The molecule has 13 aromatic carbocycles. The van der Waals surface area contributed by atoms with Gasteiger partial charge < -0.3 is 9.80 Å². The summed E-state index contributed by atoms with van der Waals surface area (Å²) in [6.45, 7) is 0. The van der Waals surface area contributed by atoms with Crippen LogP contribution < -0.4 is 9.80 Å². The van der Waals surface area contributed by atoms with Gasteiger partial charge in [0.05, 0.1) is 0 Å². The quantitative estimate of drug-likeness (QED) is 0.140. The predicted octanol–water partition coefficient (Wildman–Crippen LogP) is 20.7. The van der Waals surface area contributed by atoms with Crippen molar-refractivity contribution in [2.45, 2.75) is 12.8 Å². The molecule has 13 aromatic rings. The number of fused-ring (bicyclic) bond motifs is 6. The van der Waals surface area contributed by atoms with E-state index < -0.39 is 0 Å². The average molecular weight is 993 g/mol. The second kappa shape index (κ2) is 19.0. The predicted molar refractivity (Wildman–Crippen MR) is 329 cm³/mol. The van der Waals surface area contributed by atoms with Crippen molar-refractivity contribution >= 4 is 55.7 Å². The smallest absolute Gasteiger partial charge is 0.0497 e. The number of hydrogen-bond donors (Lipinski definition) is 0. The van der Waals surface area contributed by atoms with E-state index >= 15 is 0 Å². The zero-order valence-electron chi connectivity index (χ0n) is 43.0. The van der Waals surface area contributed by atoms with Crippen LogP contribution in [0.25, 0.3) is 88.3 Å². The first-order chi connectivity index (χ1) is 38.7. The molecule has 0 fully saturated rings. The second-order valence-corrected chi connectivity index (χ2v) is 20.8. The normalized spacial score (nSPS) is 12.5. The molecule has 0 saturated carbocycles. The first-order valence-electron chi connectivity index (χ1n) is 27.1. The fourth-order valence-electron chi connectivity index (χ4n) is 12.5. The Morgan fingerprint density at radius 1 is 0.192 bits per heavy atom. The first kappa shape index (κ1) is 45.4. The van der Waals surface area contributed by atoms with Crippen molar-refractivity contribution in [2.75, 3.05) is 9.80 Å². The van der Waals surface area contributed by atoms with Gasteiger partial charge in [-0.3, -0.25) is 0 Å². The molecule has 0 radical (unpaired) electrons. The summed E-state index contributed by atoms with van der Waals surface area (Å²) >= 11 is 0. The van der Waals surface area contributed by atoms with E-state index in [4.69, 9.17) is 0 Å². The van der Waals surface area contributed by atoms with Crippen molar-refractivity contribution in [3.05, 3.63) is 313 Å². The maximum atomic E-state index is 2.49. The lowest BCUT2D eigenvalue weighted by Gasteiger charge is -2.34. The molecule has 0 unspecified atom stereocenters. The lowest BCUT2D eigenvalue weighted by molar-refractivity contribution is 1.09. The molecule has 15 rings (SSSR count). The maximum Gasteiger partial charge on any atom is 0.0497 e. The van der Waals surface area contributed by atoms with E-state index in [2.05, 4.69) is 301 Å². The molecule has 0 saturated heterocycles. The van der Waals surface area contributed by atoms with Gasteiger partial charge >= 0.3 is 0 Å². The molecule has 0 amide bonds. The molecule has 78 heavy (non-hydrogen) atoms. The summed E-state index contributed by atoms with van der Waals surface area (Å²) in [5.74, 6) is 0. The summed E-state index contributed by atoms with van der Waals surface area (Å²) in [5.41, 5.74) is 26.8. The molecule has 2 aliphatic rings. The lowest BCUT2D eigenvalue weighted by atomic mass is 9.84. The highest BCUT2D eigenvalue weighted by atomic mass is 15.2. The van der Waals surface area contributed by atoms with E-state index in [9.17, 15) is 0 Å². The van der Waals surface area contributed by atoms with E-state index in [1.165, 1.54) is 133 Å². The number of anilines is 6. The zero-order valence-corrected chi connectivity index (χ0v) is 43.0. The van der Waals surface area contributed by atoms with Crippen molar-refractivity contribution in [3.63, 3.8) is 0 Å². The van der Waals surface area contributed by atoms with Gasteiger partial charge in [0.2, 0.25) is 0 Å². The van der Waals surface area contributed by atoms with E-state index in [0.29, 0.717) is 0 Å². The second-order valence-electron chi connectivity index (χ2n) is 20.8. The van der Waals surface area contributed by atoms with Gasteiger partial charge in [-0.25, -0.2) is 0 Å². The van der Waals surface area contributed by atoms with E-state index in [-0.39, 0.29) is 0 Å². The third-order valence-electron chi connectivity index (χ3n) is 16.2. The van der Waals surface area contributed by atoms with Crippen LogP contribution >= 0.6 is 0 Å². The van der Waals surface area contributed by atoms with Gasteiger partial charge in [0.25, 0.3) is 0 Å². The van der Waals surface area contributed by atoms with Gasteiger partial charge in [-0.1, -0.05) is 231 Å². The van der Waals surface area contributed by atoms with Crippen molar-refractivity contribution in [1.82, 2.24) is 0 Å². The van der Waals surface area contributed by atoms with Crippen LogP contribution in [-0.2, 0) is 12.8 Å². The molecule has 0 spiro atoms. The molecule has 0 aromatic heterocycles. The summed E-state index contributed by atoms with van der Waals surface area (Å²) in [6, 6.07) is 108. The standard InChI is InChI=1S/C76H52N2/c1-3-17-51(18-4-1)53-33-37-55(38-34-53)57-25-15-27-63(45-57)75-67-43-41-66(78-73-31-13-9-23-61(73)48-62-24-10-14-32-74(62)78)50-70(67)76(64-28-16-26-58(46-64)56-39-35-54(36-40-56)52-19-5-2-6-20-52)68-44-42-65(49-69(68)75)77-71-29-11-7-21-59(71)47-60-22-8-12-30-72(60)77/h1-46,49-50H,47-48H2. The molecule has 0 bridgehead atoms. The van der Waals surface area contributed by atoms with E-state index in [0.717, 1.165) is 24.2 Å². The Balaban J connectivity index is 0.995. The fraction of sp³-hybridized carbons (Fsp3) is 0.0263. The van der Waals surface area contributed by atoms with Gasteiger partial charge in [-0.15, -0.1) is 0 Å². The summed E-state index contributed by atoms with van der Waals surface area (Å²) < 4.78 is 0. The van der Waals surface area contributed by atoms with Crippen LogP contribution in [-0.4, -0.2) is 0 Å². The highest BCUT2D eigenvalue weighted by Crippen LogP contribution is 2.52. The Bertz CT molecular complexity index is 4040. The monoisotopic (exact) mass is 992 g/mol. The Morgan fingerprint density at radius 3 is 0.833 bits per heavy atom. The third-order valence-corrected chi connectivity index (χ3v) is 16.2. The summed E-state index contributed by atoms with van der Waals surface area (Å²) in [4.78, 5) is 4.97. The molecule has 2 heterocycles. The van der Waals surface area contributed by atoms with Gasteiger partial charge in [-0.05, 0) is 171 Å². The van der Waals surface area contributed by atoms with Crippen molar-refractivity contribution in [2.24, 2.45) is 0 Å². The number of para-hydroxylation sites is 4. The van der Waals surface area contributed by atoms with Gasteiger partial charge in [0.1, 0.15) is 0 Å². The van der Waals surface area contributed by atoms with Crippen LogP contribution in [0.2, 0.25) is 0 Å². The Hall–Kier alpha value is -10.0.